The highest BCUT2D eigenvalue weighted by molar-refractivity contribution is 5.95. The zero-order valence-corrected chi connectivity index (χ0v) is 20.2. The summed E-state index contributed by atoms with van der Waals surface area (Å²) in [5.74, 6) is 0.442. The molecule has 3 aromatic carbocycles. The quantitative estimate of drug-likeness (QED) is 0.399. The first-order valence-corrected chi connectivity index (χ1v) is 11.6. The van der Waals surface area contributed by atoms with Crippen LogP contribution in [0.2, 0.25) is 0 Å². The molecular formula is C29H36N2O2. The Bertz CT molecular complexity index is 1040. The molecule has 0 fully saturated rings. The maximum absolute atomic E-state index is 13.1. The number of carbonyl (C=O) groups excluding carboxylic acids is 1. The minimum atomic E-state index is -0.105. The lowest BCUT2D eigenvalue weighted by Crippen LogP contribution is -2.44. The van der Waals surface area contributed by atoms with E-state index in [1.807, 2.05) is 6.07 Å². The average Bonchev–Trinajstić information content (AvgIpc) is 2.79. The van der Waals surface area contributed by atoms with E-state index in [2.05, 4.69) is 81.5 Å². The van der Waals surface area contributed by atoms with Crippen molar-refractivity contribution in [2.24, 2.45) is 5.41 Å². The Hall–Kier alpha value is -3.27. The van der Waals surface area contributed by atoms with E-state index in [0.717, 1.165) is 19.3 Å². The molecule has 0 saturated heterocycles. The number of rotatable bonds is 9. The van der Waals surface area contributed by atoms with Gasteiger partial charge in [-0.1, -0.05) is 80.9 Å². The molecule has 0 aromatic heterocycles. The Kier molecular flexibility index (Phi) is 8.16. The molecule has 33 heavy (non-hydrogen) atoms. The fraction of sp³-hybridized carbons (Fsp3) is 0.345. The molecule has 174 valence electrons. The molecule has 3 rings (SSSR count). The molecule has 0 aliphatic rings. The summed E-state index contributed by atoms with van der Waals surface area (Å²) in [6.07, 6.45) is 2.56. The van der Waals surface area contributed by atoms with Crippen molar-refractivity contribution < 1.29 is 9.53 Å². The fourth-order valence-corrected chi connectivity index (χ4v) is 3.75. The summed E-state index contributed by atoms with van der Waals surface area (Å²) in [7, 11) is 0. The molecule has 0 saturated carbocycles. The third kappa shape index (κ3) is 7.38. The largest absolute Gasteiger partial charge is 0.491 e. The fourth-order valence-electron chi connectivity index (χ4n) is 3.75. The third-order valence-electron chi connectivity index (χ3n) is 5.96. The number of benzene rings is 3. The van der Waals surface area contributed by atoms with Crippen molar-refractivity contribution >= 4 is 11.6 Å². The van der Waals surface area contributed by atoms with Gasteiger partial charge < -0.3 is 15.8 Å². The number of amides is 1. The third-order valence-corrected chi connectivity index (χ3v) is 5.96. The lowest BCUT2D eigenvalue weighted by Gasteiger charge is -2.32. The van der Waals surface area contributed by atoms with Gasteiger partial charge in [0.2, 0.25) is 0 Å². The SMILES string of the molecule is Cc1ccc(CCOc2cc(C(=O)N[C@@H](CCc3ccccc3)C(C)(C)C)ccc2N)cc1. The van der Waals surface area contributed by atoms with Gasteiger partial charge >= 0.3 is 0 Å². The van der Waals surface area contributed by atoms with Crippen molar-refractivity contribution in [3.63, 3.8) is 0 Å². The van der Waals surface area contributed by atoms with Gasteiger partial charge in [-0.05, 0) is 54.5 Å². The van der Waals surface area contributed by atoms with Gasteiger partial charge in [0.1, 0.15) is 5.75 Å². The Morgan fingerprint density at radius 3 is 2.27 bits per heavy atom. The predicted octanol–water partition coefficient (Wildman–Crippen LogP) is 5.98. The monoisotopic (exact) mass is 444 g/mol. The Labute approximate surface area is 198 Å². The van der Waals surface area contributed by atoms with Crippen LogP contribution in [0.3, 0.4) is 0 Å². The summed E-state index contributed by atoms with van der Waals surface area (Å²) in [5.41, 5.74) is 10.9. The zero-order chi connectivity index (χ0) is 23.8. The molecule has 4 nitrogen and oxygen atoms in total. The van der Waals surface area contributed by atoms with Crippen LogP contribution in [0, 0.1) is 12.3 Å². The zero-order valence-electron chi connectivity index (χ0n) is 20.2. The van der Waals surface area contributed by atoms with Crippen LogP contribution in [0.15, 0.2) is 72.8 Å². The number of nitrogens with two attached hydrogens (primary N) is 1. The number of nitrogens with one attached hydrogen (secondary N) is 1. The van der Waals surface area contributed by atoms with E-state index < -0.39 is 0 Å². The van der Waals surface area contributed by atoms with Crippen LogP contribution in [0.1, 0.15) is 54.2 Å². The lowest BCUT2D eigenvalue weighted by molar-refractivity contribution is 0.0897. The van der Waals surface area contributed by atoms with Crippen molar-refractivity contribution in [2.75, 3.05) is 12.3 Å². The molecule has 0 unspecified atom stereocenters. The Morgan fingerprint density at radius 1 is 0.939 bits per heavy atom. The highest BCUT2D eigenvalue weighted by Crippen LogP contribution is 2.26. The molecule has 0 heterocycles. The summed E-state index contributed by atoms with van der Waals surface area (Å²) in [6.45, 7) is 9.05. The molecule has 0 aliphatic heterocycles. The van der Waals surface area contributed by atoms with E-state index in [9.17, 15) is 4.79 Å². The van der Waals surface area contributed by atoms with E-state index in [1.165, 1.54) is 16.7 Å². The maximum atomic E-state index is 13.1. The first-order chi connectivity index (χ1) is 15.7. The topological polar surface area (TPSA) is 64.3 Å². The van der Waals surface area contributed by atoms with Gasteiger partial charge in [0.15, 0.2) is 0 Å². The Balaban J connectivity index is 1.63. The van der Waals surface area contributed by atoms with Crippen LogP contribution in [0.25, 0.3) is 0 Å². The van der Waals surface area contributed by atoms with Gasteiger partial charge in [-0.3, -0.25) is 4.79 Å². The number of hydrogen-bond acceptors (Lipinski definition) is 3. The van der Waals surface area contributed by atoms with E-state index >= 15 is 0 Å². The van der Waals surface area contributed by atoms with Crippen molar-refractivity contribution in [1.82, 2.24) is 5.32 Å². The average molecular weight is 445 g/mol. The molecule has 3 N–H and O–H groups in total. The second-order valence-electron chi connectivity index (χ2n) is 9.75. The number of nitrogen functional groups attached to an aromatic ring is 1. The number of carbonyl (C=O) groups is 1. The smallest absolute Gasteiger partial charge is 0.251 e. The summed E-state index contributed by atoms with van der Waals surface area (Å²) in [6, 6.07) is 24.1. The summed E-state index contributed by atoms with van der Waals surface area (Å²) < 4.78 is 5.93. The molecule has 4 heteroatoms. The van der Waals surface area contributed by atoms with Gasteiger partial charge in [0.25, 0.3) is 5.91 Å². The first-order valence-electron chi connectivity index (χ1n) is 11.6. The summed E-state index contributed by atoms with van der Waals surface area (Å²) in [5, 5.41) is 3.24. The van der Waals surface area contributed by atoms with Crippen molar-refractivity contribution in [3.05, 3.63) is 95.1 Å². The molecule has 3 aromatic rings. The highest BCUT2D eigenvalue weighted by atomic mass is 16.5. The summed E-state index contributed by atoms with van der Waals surface area (Å²) >= 11 is 0. The summed E-state index contributed by atoms with van der Waals surface area (Å²) in [4.78, 5) is 13.1. The lowest BCUT2D eigenvalue weighted by atomic mass is 9.83. The minimum Gasteiger partial charge on any atom is -0.491 e. The molecular weight excluding hydrogens is 408 g/mol. The van der Waals surface area contributed by atoms with Crippen molar-refractivity contribution in [3.8, 4) is 5.75 Å². The van der Waals surface area contributed by atoms with Gasteiger partial charge in [-0.15, -0.1) is 0 Å². The molecule has 0 bridgehead atoms. The van der Waals surface area contributed by atoms with Gasteiger partial charge in [-0.25, -0.2) is 0 Å². The number of anilines is 1. The second-order valence-corrected chi connectivity index (χ2v) is 9.75. The molecule has 1 amide bonds. The van der Waals surface area contributed by atoms with Crippen LogP contribution in [-0.4, -0.2) is 18.6 Å². The van der Waals surface area contributed by atoms with Crippen LogP contribution in [0.5, 0.6) is 5.75 Å². The van der Waals surface area contributed by atoms with Crippen LogP contribution in [0.4, 0.5) is 5.69 Å². The Morgan fingerprint density at radius 2 is 1.61 bits per heavy atom. The number of ether oxygens (including phenoxy) is 1. The molecule has 0 radical (unpaired) electrons. The first kappa shape index (κ1) is 24.4. The van der Waals surface area contributed by atoms with Gasteiger partial charge in [-0.2, -0.15) is 0 Å². The van der Waals surface area contributed by atoms with Gasteiger partial charge in [0.05, 0.1) is 12.3 Å². The molecule has 0 aliphatic carbocycles. The van der Waals surface area contributed by atoms with E-state index in [-0.39, 0.29) is 17.4 Å². The molecule has 1 atom stereocenters. The van der Waals surface area contributed by atoms with E-state index in [0.29, 0.717) is 23.6 Å². The normalized spacial score (nSPS) is 12.2. The highest BCUT2D eigenvalue weighted by Gasteiger charge is 2.26. The number of aryl methyl sites for hydroxylation is 2. The van der Waals surface area contributed by atoms with Crippen LogP contribution in [-0.2, 0) is 12.8 Å². The van der Waals surface area contributed by atoms with E-state index in [1.54, 1.807) is 18.2 Å². The van der Waals surface area contributed by atoms with Crippen LogP contribution >= 0.6 is 0 Å². The standard InChI is InChI=1S/C29H36N2O2/c1-21-10-12-23(13-11-21)18-19-33-26-20-24(15-16-25(26)30)28(32)31-27(29(2,3)4)17-14-22-8-6-5-7-9-22/h5-13,15-16,20,27H,14,17-19,30H2,1-4H3,(H,31,32)/t27-/m0/s1. The van der Waals surface area contributed by atoms with Crippen molar-refractivity contribution in [1.29, 1.82) is 0 Å². The molecule has 0 spiro atoms. The van der Waals surface area contributed by atoms with Crippen molar-refractivity contribution in [2.45, 2.75) is 53.0 Å². The van der Waals surface area contributed by atoms with Crippen LogP contribution < -0.4 is 15.8 Å². The second kappa shape index (κ2) is 11.0. The van der Waals surface area contributed by atoms with E-state index in [4.69, 9.17) is 10.5 Å². The maximum Gasteiger partial charge on any atom is 0.251 e. The predicted molar refractivity (Wildman–Crippen MR) is 137 cm³/mol. The minimum absolute atomic E-state index is 0.0358. The van der Waals surface area contributed by atoms with Gasteiger partial charge in [0, 0.05) is 18.0 Å². The number of hydrogen-bond donors (Lipinski definition) is 2.